The molecule has 2 aromatic carbocycles. The molecule has 0 saturated carbocycles. The molecule has 7 heteroatoms. The minimum atomic E-state index is -0.505. The van der Waals surface area contributed by atoms with Crippen molar-refractivity contribution in [2.75, 3.05) is 47.1 Å². The zero-order valence-corrected chi connectivity index (χ0v) is 21.7. The fourth-order valence-electron chi connectivity index (χ4n) is 4.77. The molecule has 0 bridgehead atoms. The van der Waals surface area contributed by atoms with Crippen LogP contribution in [0.3, 0.4) is 0 Å². The maximum Gasteiger partial charge on any atom is 0.339 e. The molecule has 1 aliphatic rings. The van der Waals surface area contributed by atoms with E-state index in [9.17, 15) is 9.59 Å². The molecule has 3 aromatic rings. The van der Waals surface area contributed by atoms with Crippen LogP contribution in [0.1, 0.15) is 40.5 Å². The number of aromatic nitrogens is 1. The number of carbonyl (C=O) groups excluding carboxylic acids is 2. The van der Waals surface area contributed by atoms with Crippen LogP contribution in [-0.2, 0) is 25.4 Å². The van der Waals surface area contributed by atoms with Gasteiger partial charge in [0.1, 0.15) is 0 Å². The minimum absolute atomic E-state index is 0.285. The Kier molecular flexibility index (Phi) is 9.04. The van der Waals surface area contributed by atoms with E-state index in [-0.39, 0.29) is 12.5 Å². The Bertz CT molecular complexity index is 1260. The van der Waals surface area contributed by atoms with Gasteiger partial charge in [-0.3, -0.25) is 4.79 Å². The van der Waals surface area contributed by atoms with Gasteiger partial charge in [-0.2, -0.15) is 0 Å². The second-order valence-electron chi connectivity index (χ2n) is 9.37. The van der Waals surface area contributed by atoms with E-state index in [0.717, 1.165) is 39.7 Å². The summed E-state index contributed by atoms with van der Waals surface area (Å²) in [6.45, 7) is 3.41. The monoisotopic (exact) mass is 502 g/mol. The standard InChI is InChI=1S/C30H34N2O5/c1-21-17-23(19-22-9-5-4-6-10-22)29-25(18-21)28(24-11-7-8-12-26(24)31-29)30(34)37-20-27(33)32(13-15-35-2)14-16-36-3/h4-12,19,21H,13-18,20H2,1-3H3. The smallest absolute Gasteiger partial charge is 0.339 e. The van der Waals surface area contributed by atoms with Gasteiger partial charge in [-0.15, -0.1) is 0 Å². The molecule has 37 heavy (non-hydrogen) atoms. The molecule has 1 aliphatic carbocycles. The fourth-order valence-corrected chi connectivity index (χ4v) is 4.77. The first-order valence-electron chi connectivity index (χ1n) is 12.6. The molecule has 1 amide bonds. The van der Waals surface area contributed by atoms with E-state index < -0.39 is 5.97 Å². The van der Waals surface area contributed by atoms with Crippen LogP contribution in [0, 0.1) is 5.92 Å². The SMILES string of the molecule is COCCN(CCOC)C(=O)COC(=O)c1c2c(nc3ccccc13)C(=Cc1ccccc1)CC(C)C2. The van der Waals surface area contributed by atoms with Crippen molar-refractivity contribution in [2.24, 2.45) is 5.92 Å². The van der Waals surface area contributed by atoms with Crippen molar-refractivity contribution in [3.05, 3.63) is 77.0 Å². The summed E-state index contributed by atoms with van der Waals surface area (Å²) in [5.41, 5.74) is 5.14. The van der Waals surface area contributed by atoms with Crippen LogP contribution in [-0.4, -0.2) is 68.9 Å². The number of ether oxygens (including phenoxy) is 3. The zero-order valence-electron chi connectivity index (χ0n) is 21.7. The third kappa shape index (κ3) is 6.42. The molecule has 7 nitrogen and oxygen atoms in total. The summed E-state index contributed by atoms with van der Waals surface area (Å²) in [6, 6.07) is 17.7. The highest BCUT2D eigenvalue weighted by atomic mass is 16.5. The largest absolute Gasteiger partial charge is 0.452 e. The fraction of sp³-hybridized carbons (Fsp3) is 0.367. The lowest BCUT2D eigenvalue weighted by Gasteiger charge is -2.27. The highest BCUT2D eigenvalue weighted by Gasteiger charge is 2.29. The van der Waals surface area contributed by atoms with E-state index >= 15 is 0 Å². The first-order valence-corrected chi connectivity index (χ1v) is 12.6. The van der Waals surface area contributed by atoms with Gasteiger partial charge in [0.15, 0.2) is 6.61 Å². The van der Waals surface area contributed by atoms with Crippen molar-refractivity contribution in [3.8, 4) is 0 Å². The number of benzene rings is 2. The Hall–Kier alpha value is -3.55. The van der Waals surface area contributed by atoms with Gasteiger partial charge in [0.2, 0.25) is 0 Å². The van der Waals surface area contributed by atoms with E-state index in [1.165, 1.54) is 0 Å². The lowest BCUT2D eigenvalue weighted by Crippen LogP contribution is -2.39. The van der Waals surface area contributed by atoms with Gasteiger partial charge in [-0.05, 0) is 47.6 Å². The summed E-state index contributed by atoms with van der Waals surface area (Å²) in [5.74, 6) is -0.459. The van der Waals surface area contributed by atoms with Gasteiger partial charge in [-0.1, -0.05) is 55.5 Å². The Morgan fingerprint density at radius 2 is 1.65 bits per heavy atom. The quantitative estimate of drug-likeness (QED) is 0.376. The van der Waals surface area contributed by atoms with Crippen LogP contribution < -0.4 is 0 Å². The molecule has 1 unspecified atom stereocenters. The van der Waals surface area contributed by atoms with E-state index in [1.54, 1.807) is 19.1 Å². The van der Waals surface area contributed by atoms with Crippen molar-refractivity contribution in [1.29, 1.82) is 0 Å². The maximum absolute atomic E-state index is 13.6. The number of nitrogens with zero attached hydrogens (tertiary/aromatic N) is 2. The average molecular weight is 503 g/mol. The van der Waals surface area contributed by atoms with E-state index in [2.05, 4.69) is 25.1 Å². The summed E-state index contributed by atoms with van der Waals surface area (Å²) in [6.07, 6.45) is 3.73. The summed E-state index contributed by atoms with van der Waals surface area (Å²) < 4.78 is 15.9. The Morgan fingerprint density at radius 3 is 2.35 bits per heavy atom. The van der Waals surface area contributed by atoms with Crippen LogP contribution in [0.25, 0.3) is 22.6 Å². The predicted octanol–water partition coefficient (Wildman–Crippen LogP) is 4.64. The Labute approximate surface area is 218 Å². The Morgan fingerprint density at radius 1 is 0.973 bits per heavy atom. The van der Waals surface area contributed by atoms with Crippen molar-refractivity contribution in [2.45, 2.75) is 19.8 Å². The highest BCUT2D eigenvalue weighted by Crippen LogP contribution is 2.38. The zero-order chi connectivity index (χ0) is 26.2. The van der Waals surface area contributed by atoms with E-state index in [0.29, 0.717) is 44.2 Å². The second-order valence-corrected chi connectivity index (χ2v) is 9.37. The third-order valence-corrected chi connectivity index (χ3v) is 6.57. The number of allylic oxidation sites excluding steroid dienone is 1. The predicted molar refractivity (Wildman–Crippen MR) is 144 cm³/mol. The first-order chi connectivity index (χ1) is 18.0. The number of amides is 1. The molecule has 1 heterocycles. The normalized spacial score (nSPS) is 16.0. The molecule has 0 aliphatic heterocycles. The Balaban J connectivity index is 1.67. The summed E-state index contributed by atoms with van der Waals surface area (Å²) in [5, 5.41) is 0.738. The summed E-state index contributed by atoms with van der Waals surface area (Å²) in [7, 11) is 3.16. The molecule has 0 N–H and O–H groups in total. The molecule has 0 spiro atoms. The molecular formula is C30H34N2O5. The molecule has 4 rings (SSSR count). The molecule has 0 radical (unpaired) electrons. The first kappa shape index (κ1) is 26.5. The summed E-state index contributed by atoms with van der Waals surface area (Å²) >= 11 is 0. The number of methoxy groups -OCH3 is 2. The molecule has 194 valence electrons. The van der Waals surface area contributed by atoms with Crippen LogP contribution in [0.15, 0.2) is 54.6 Å². The van der Waals surface area contributed by atoms with Gasteiger partial charge in [0, 0.05) is 32.7 Å². The van der Waals surface area contributed by atoms with E-state index in [1.807, 2.05) is 42.5 Å². The lowest BCUT2D eigenvalue weighted by molar-refractivity contribution is -0.135. The molecule has 1 atom stereocenters. The van der Waals surface area contributed by atoms with Crippen molar-refractivity contribution < 1.29 is 23.8 Å². The average Bonchev–Trinajstić information content (AvgIpc) is 2.91. The van der Waals surface area contributed by atoms with Crippen molar-refractivity contribution in [1.82, 2.24) is 9.88 Å². The van der Waals surface area contributed by atoms with Gasteiger partial charge >= 0.3 is 5.97 Å². The van der Waals surface area contributed by atoms with Crippen LogP contribution in [0.4, 0.5) is 0 Å². The number of pyridine rings is 1. The number of rotatable bonds is 10. The van der Waals surface area contributed by atoms with Gasteiger partial charge in [0.25, 0.3) is 5.91 Å². The van der Waals surface area contributed by atoms with Crippen LogP contribution in [0.2, 0.25) is 0 Å². The number of para-hydroxylation sites is 1. The maximum atomic E-state index is 13.6. The minimum Gasteiger partial charge on any atom is -0.452 e. The van der Waals surface area contributed by atoms with Gasteiger partial charge in [0.05, 0.1) is 30.0 Å². The number of hydrogen-bond acceptors (Lipinski definition) is 6. The summed E-state index contributed by atoms with van der Waals surface area (Å²) in [4.78, 5) is 33.0. The third-order valence-electron chi connectivity index (χ3n) is 6.57. The topological polar surface area (TPSA) is 78.0 Å². The second kappa shape index (κ2) is 12.6. The molecular weight excluding hydrogens is 468 g/mol. The molecule has 0 fully saturated rings. The molecule has 1 aromatic heterocycles. The van der Waals surface area contributed by atoms with Crippen molar-refractivity contribution in [3.63, 3.8) is 0 Å². The van der Waals surface area contributed by atoms with E-state index in [4.69, 9.17) is 19.2 Å². The number of hydrogen-bond donors (Lipinski definition) is 0. The van der Waals surface area contributed by atoms with Gasteiger partial charge < -0.3 is 19.1 Å². The number of esters is 1. The number of fused-ring (bicyclic) bond motifs is 2. The lowest BCUT2D eigenvalue weighted by atomic mass is 9.80. The van der Waals surface area contributed by atoms with Crippen molar-refractivity contribution >= 4 is 34.4 Å². The molecule has 0 saturated heterocycles. The van der Waals surface area contributed by atoms with Crippen LogP contribution in [0.5, 0.6) is 0 Å². The van der Waals surface area contributed by atoms with Gasteiger partial charge in [-0.25, -0.2) is 9.78 Å². The van der Waals surface area contributed by atoms with Crippen LogP contribution >= 0.6 is 0 Å². The number of carbonyl (C=O) groups is 2. The highest BCUT2D eigenvalue weighted by molar-refractivity contribution is 6.07.